The molecule has 3 aromatic carbocycles. The van der Waals surface area contributed by atoms with Gasteiger partial charge in [0.1, 0.15) is 11.5 Å². The summed E-state index contributed by atoms with van der Waals surface area (Å²) in [6.45, 7) is 3.64. The fourth-order valence-electron chi connectivity index (χ4n) is 4.83. The van der Waals surface area contributed by atoms with Crippen molar-refractivity contribution in [2.24, 2.45) is 0 Å². The highest BCUT2D eigenvalue weighted by Crippen LogP contribution is 2.36. The lowest BCUT2D eigenvalue weighted by atomic mass is 10.1. The van der Waals surface area contributed by atoms with Crippen molar-refractivity contribution in [1.82, 2.24) is 4.31 Å². The van der Waals surface area contributed by atoms with Crippen molar-refractivity contribution >= 4 is 61.2 Å². The summed E-state index contributed by atoms with van der Waals surface area (Å²) in [6, 6.07) is 24.0. The number of carbonyl (C=O) groups excluding carboxylic acids is 2. The molecule has 44 heavy (non-hydrogen) atoms. The number of hydrogen-bond donors (Lipinski definition) is 0. The number of hydrogen-bond acceptors (Lipinski definition) is 6. The Morgan fingerprint density at radius 3 is 2.25 bits per heavy atom. The van der Waals surface area contributed by atoms with Crippen LogP contribution in [-0.2, 0) is 37.4 Å². The van der Waals surface area contributed by atoms with Crippen LogP contribution >= 0.6 is 27.5 Å². The van der Waals surface area contributed by atoms with E-state index in [1.54, 1.807) is 43.3 Å². The lowest BCUT2D eigenvalue weighted by Crippen LogP contribution is -2.30. The quantitative estimate of drug-likeness (QED) is 0.135. The minimum absolute atomic E-state index is 0.0836. The number of carbonyl (C=O) groups is 2. The lowest BCUT2D eigenvalue weighted by molar-refractivity contribution is -0.136. The maximum atomic E-state index is 13.7. The number of aryl methyl sites for hydroxylation is 1. The van der Waals surface area contributed by atoms with E-state index in [1.807, 2.05) is 31.2 Å². The highest BCUT2D eigenvalue weighted by molar-refractivity contribution is 9.10. The molecular formula is C33H28BrClN2O6S. The van der Waals surface area contributed by atoms with Crippen molar-refractivity contribution in [3.05, 3.63) is 134 Å². The largest absolute Gasteiger partial charge is 0.465 e. The molecule has 0 radical (unpaired) electrons. The third kappa shape index (κ3) is 6.58. The summed E-state index contributed by atoms with van der Waals surface area (Å²) in [6.07, 6.45) is 1.47. The molecule has 1 aliphatic heterocycles. The molecule has 0 spiro atoms. The van der Waals surface area contributed by atoms with Gasteiger partial charge in [0.25, 0.3) is 5.91 Å². The summed E-state index contributed by atoms with van der Waals surface area (Å²) in [5.74, 6) is -0.465. The van der Waals surface area contributed by atoms with Gasteiger partial charge in [-0.2, -0.15) is 4.31 Å². The molecule has 0 bridgehead atoms. The molecule has 0 aliphatic carbocycles. The molecule has 1 aliphatic rings. The normalized spacial score (nSPS) is 14.6. The molecule has 1 amide bonds. The van der Waals surface area contributed by atoms with E-state index in [0.29, 0.717) is 22.2 Å². The molecular weight excluding hydrogens is 668 g/mol. The average Bonchev–Trinajstić information content (AvgIpc) is 3.55. The van der Waals surface area contributed by atoms with E-state index < -0.39 is 21.9 Å². The third-order valence-electron chi connectivity index (χ3n) is 7.11. The maximum absolute atomic E-state index is 13.7. The Morgan fingerprint density at radius 2 is 1.61 bits per heavy atom. The number of nitrogens with zero attached hydrogens (tertiary/aromatic N) is 2. The first-order valence-electron chi connectivity index (χ1n) is 13.5. The van der Waals surface area contributed by atoms with Gasteiger partial charge in [-0.3, -0.25) is 9.69 Å². The van der Waals surface area contributed by atoms with E-state index in [0.717, 1.165) is 15.6 Å². The fraction of sp³-hybridized carbons (Fsp3) is 0.152. The molecule has 226 valence electrons. The molecule has 0 saturated heterocycles. The minimum Gasteiger partial charge on any atom is -0.465 e. The summed E-state index contributed by atoms with van der Waals surface area (Å²) in [5, 5.41) is 0.425. The Balaban J connectivity index is 1.48. The zero-order valence-electron chi connectivity index (χ0n) is 24.1. The Morgan fingerprint density at radius 1 is 0.955 bits per heavy atom. The molecule has 0 atom stereocenters. The monoisotopic (exact) mass is 694 g/mol. The van der Waals surface area contributed by atoms with Crippen LogP contribution in [0.3, 0.4) is 0 Å². The summed E-state index contributed by atoms with van der Waals surface area (Å²) in [5.41, 5.74) is 3.07. The average molecular weight is 696 g/mol. The molecule has 8 nitrogen and oxygen atoms in total. The van der Waals surface area contributed by atoms with Crippen molar-refractivity contribution in [2.45, 2.75) is 31.8 Å². The van der Waals surface area contributed by atoms with E-state index in [2.05, 4.69) is 15.9 Å². The van der Waals surface area contributed by atoms with Crippen molar-refractivity contribution in [2.75, 3.05) is 12.0 Å². The van der Waals surface area contributed by atoms with Gasteiger partial charge < -0.3 is 9.15 Å². The Labute approximate surface area is 269 Å². The van der Waals surface area contributed by atoms with Gasteiger partial charge in [0.2, 0.25) is 10.0 Å². The standard InChI is InChI=1S/C33H28BrClN2O6S/c1-21-4-6-23(7-5-21)19-36(44(40,41)29-16-10-25(35)11-17-29)20-28-15-14-27(43-28)18-30-31(33(39)42-3)22(2)37(32(30)38)26-12-8-24(34)9-13-26/h4-18H,19-20H2,1-3H3/b30-18+. The highest BCUT2D eigenvalue weighted by atomic mass is 79.9. The number of allylic oxidation sites excluding steroid dienone is 1. The number of sulfonamides is 1. The number of esters is 1. The van der Waals surface area contributed by atoms with Crippen LogP contribution < -0.4 is 4.90 Å². The van der Waals surface area contributed by atoms with E-state index in [9.17, 15) is 18.0 Å². The number of furan rings is 1. The van der Waals surface area contributed by atoms with Crippen LogP contribution in [0.1, 0.15) is 29.6 Å². The van der Waals surface area contributed by atoms with E-state index in [-0.39, 0.29) is 34.9 Å². The van der Waals surface area contributed by atoms with Crippen LogP contribution in [0.2, 0.25) is 5.02 Å². The number of anilines is 1. The number of benzene rings is 3. The van der Waals surface area contributed by atoms with E-state index >= 15 is 0 Å². The Bertz CT molecular complexity index is 1880. The molecule has 0 N–H and O–H groups in total. The summed E-state index contributed by atoms with van der Waals surface area (Å²) in [4.78, 5) is 27.9. The Hall–Kier alpha value is -3.96. The van der Waals surface area contributed by atoms with Gasteiger partial charge in [0.15, 0.2) is 0 Å². The van der Waals surface area contributed by atoms with Crippen LogP contribution in [0.15, 0.2) is 116 Å². The predicted octanol–water partition coefficient (Wildman–Crippen LogP) is 7.27. The van der Waals surface area contributed by atoms with E-state index in [1.165, 1.54) is 46.7 Å². The zero-order chi connectivity index (χ0) is 31.6. The van der Waals surface area contributed by atoms with Crippen molar-refractivity contribution in [3.8, 4) is 0 Å². The first-order chi connectivity index (χ1) is 21.0. The first kappa shape index (κ1) is 31.5. The molecule has 2 heterocycles. The van der Waals surface area contributed by atoms with Crippen LogP contribution in [-0.4, -0.2) is 31.7 Å². The molecule has 0 fully saturated rings. The summed E-state index contributed by atoms with van der Waals surface area (Å²) in [7, 11) is -2.70. The number of rotatable bonds is 9. The molecule has 1 aromatic heterocycles. The smallest absolute Gasteiger partial charge is 0.340 e. The highest BCUT2D eigenvalue weighted by Gasteiger charge is 2.38. The minimum atomic E-state index is -3.95. The van der Waals surface area contributed by atoms with Gasteiger partial charge >= 0.3 is 5.97 Å². The maximum Gasteiger partial charge on any atom is 0.340 e. The third-order valence-corrected chi connectivity index (χ3v) is 9.69. The van der Waals surface area contributed by atoms with Crippen molar-refractivity contribution < 1.29 is 27.2 Å². The lowest BCUT2D eigenvalue weighted by Gasteiger charge is -2.21. The second-order valence-corrected chi connectivity index (χ2v) is 13.4. The second-order valence-electron chi connectivity index (χ2n) is 10.1. The van der Waals surface area contributed by atoms with Crippen molar-refractivity contribution in [3.63, 3.8) is 0 Å². The van der Waals surface area contributed by atoms with Gasteiger partial charge in [-0.25, -0.2) is 13.2 Å². The zero-order valence-corrected chi connectivity index (χ0v) is 27.2. The van der Waals surface area contributed by atoms with Gasteiger partial charge in [0.05, 0.1) is 29.7 Å². The first-order valence-corrected chi connectivity index (χ1v) is 16.1. The summed E-state index contributed by atoms with van der Waals surface area (Å²) < 4.78 is 40.7. The van der Waals surface area contributed by atoms with Crippen LogP contribution in [0.5, 0.6) is 0 Å². The number of ether oxygens (including phenoxy) is 1. The Kier molecular flexibility index (Phi) is 9.26. The van der Waals surface area contributed by atoms with Crippen LogP contribution in [0.25, 0.3) is 6.08 Å². The molecule has 0 unspecified atom stereocenters. The topological polar surface area (TPSA) is 97.1 Å². The molecule has 4 aromatic rings. The molecule has 11 heteroatoms. The van der Waals surface area contributed by atoms with E-state index in [4.69, 9.17) is 20.8 Å². The molecule has 0 saturated carbocycles. The molecule has 5 rings (SSSR count). The van der Waals surface area contributed by atoms with Gasteiger partial charge in [-0.1, -0.05) is 57.4 Å². The SMILES string of the molecule is COC(=O)C1=C(C)N(c2ccc(Br)cc2)C(=O)/C1=C/c1ccc(CN(Cc2ccc(C)cc2)S(=O)(=O)c2ccc(Cl)cc2)o1. The van der Waals surface area contributed by atoms with Gasteiger partial charge in [-0.05, 0) is 86.2 Å². The second kappa shape index (κ2) is 13.0. The van der Waals surface area contributed by atoms with Crippen LogP contribution in [0.4, 0.5) is 5.69 Å². The predicted molar refractivity (Wildman–Crippen MR) is 172 cm³/mol. The van der Waals surface area contributed by atoms with Crippen molar-refractivity contribution in [1.29, 1.82) is 0 Å². The number of methoxy groups -OCH3 is 1. The van der Waals surface area contributed by atoms with Gasteiger partial charge in [-0.15, -0.1) is 0 Å². The van der Waals surface area contributed by atoms with Gasteiger partial charge in [0, 0.05) is 27.4 Å². The number of amides is 1. The fourth-order valence-corrected chi connectivity index (χ4v) is 6.62. The number of halogens is 2. The van der Waals surface area contributed by atoms with Crippen LogP contribution in [0, 0.1) is 6.92 Å². The summed E-state index contributed by atoms with van der Waals surface area (Å²) >= 11 is 9.40.